The maximum absolute atomic E-state index is 4.45. The van der Waals surface area contributed by atoms with Crippen molar-refractivity contribution in [1.29, 1.82) is 0 Å². The van der Waals surface area contributed by atoms with E-state index in [9.17, 15) is 0 Å². The molecule has 0 fully saturated rings. The SMILES string of the molecule is C=CC(C)C(=C)CC.C=Cc1c(/C=C\C)n(-c2ccc(Cc3cc(Cc4ccc(-n5c(/C=C\C)c(CC)c6ccccc65)cc4)cc(Cc4ccc(-n5c6ccccc6c6cnccc65)cc4)c3)cc2)c2ccccc12. The molecule has 4 aromatic heterocycles. The Bertz CT molecular complexity index is 3890. The molecule has 76 heavy (non-hydrogen) atoms. The second kappa shape index (κ2) is 22.8. The first-order valence-corrected chi connectivity index (χ1v) is 26.9. The van der Waals surface area contributed by atoms with Gasteiger partial charge < -0.3 is 13.7 Å². The minimum absolute atomic E-state index is 0.486. The van der Waals surface area contributed by atoms with Crippen molar-refractivity contribution in [3.8, 4) is 17.1 Å². The highest BCUT2D eigenvalue weighted by molar-refractivity contribution is 6.08. The molecule has 1 atom stereocenters. The summed E-state index contributed by atoms with van der Waals surface area (Å²) < 4.78 is 7.13. The van der Waals surface area contributed by atoms with Gasteiger partial charge in [-0.05, 0) is 164 Å². The lowest BCUT2D eigenvalue weighted by Gasteiger charge is -2.14. The maximum atomic E-state index is 4.45. The number of hydrogen-bond acceptors (Lipinski definition) is 1. The smallest absolute Gasteiger partial charge is 0.0571 e. The molecule has 11 rings (SSSR count). The van der Waals surface area contributed by atoms with Gasteiger partial charge in [-0.1, -0.05) is 173 Å². The Balaban J connectivity index is 0.000000761. The predicted molar refractivity (Wildman–Crippen MR) is 328 cm³/mol. The van der Waals surface area contributed by atoms with Crippen LogP contribution in [0.1, 0.15) is 96.9 Å². The number of hydrogen-bond donors (Lipinski definition) is 0. The first-order chi connectivity index (χ1) is 37.2. The van der Waals surface area contributed by atoms with Crippen molar-refractivity contribution in [3.05, 3.63) is 282 Å². The van der Waals surface area contributed by atoms with Gasteiger partial charge in [0.25, 0.3) is 0 Å². The Labute approximate surface area is 449 Å². The number of allylic oxidation sites excluding steroid dienone is 4. The third-order valence-electron chi connectivity index (χ3n) is 15.0. The summed E-state index contributed by atoms with van der Waals surface area (Å²) >= 11 is 0. The quantitative estimate of drug-likeness (QED) is 0.0887. The molecular weight excluding hydrogens is 921 g/mol. The molecule has 0 aliphatic carbocycles. The lowest BCUT2D eigenvalue weighted by atomic mass is 9.94. The molecule has 4 nitrogen and oxygen atoms in total. The topological polar surface area (TPSA) is 27.7 Å². The number of rotatable bonds is 16. The Kier molecular flexibility index (Phi) is 15.2. The van der Waals surface area contributed by atoms with Crippen molar-refractivity contribution in [1.82, 2.24) is 18.7 Å². The van der Waals surface area contributed by atoms with E-state index in [1.54, 1.807) is 0 Å². The van der Waals surface area contributed by atoms with Crippen LogP contribution < -0.4 is 0 Å². The molecule has 0 aliphatic rings. The summed E-state index contributed by atoms with van der Waals surface area (Å²) in [5, 5.41) is 4.92. The summed E-state index contributed by atoms with van der Waals surface area (Å²) in [7, 11) is 0. The van der Waals surface area contributed by atoms with Crippen LogP contribution in [0.4, 0.5) is 0 Å². The summed E-state index contributed by atoms with van der Waals surface area (Å²) in [5.41, 5.74) is 22.3. The van der Waals surface area contributed by atoms with Gasteiger partial charge in [0.1, 0.15) is 0 Å². The monoisotopic (exact) mass is 989 g/mol. The fourth-order valence-electron chi connectivity index (χ4n) is 11.1. The Morgan fingerprint density at radius 3 is 1.41 bits per heavy atom. The van der Waals surface area contributed by atoms with Gasteiger partial charge >= 0.3 is 0 Å². The molecule has 4 heterocycles. The molecule has 0 aliphatic heterocycles. The normalized spacial score (nSPS) is 12.0. The third-order valence-corrected chi connectivity index (χ3v) is 15.0. The van der Waals surface area contributed by atoms with Crippen molar-refractivity contribution in [2.75, 3.05) is 0 Å². The zero-order valence-corrected chi connectivity index (χ0v) is 44.8. The number of para-hydroxylation sites is 3. The van der Waals surface area contributed by atoms with Crippen molar-refractivity contribution in [3.63, 3.8) is 0 Å². The zero-order valence-electron chi connectivity index (χ0n) is 44.8. The number of fused-ring (bicyclic) bond motifs is 5. The number of pyridine rings is 1. The summed E-state index contributed by atoms with van der Waals surface area (Å²) in [5.74, 6) is 0.486. The standard InChI is InChI=1S/C64H54N4.C8H14/c1-5-15-59-53(7-3)55-17-9-12-20-61(55)66(59)50-29-23-44(24-30-50)37-47-40-48(38-45-25-31-51(32-26-45)67-60(16-6-2)54(8-4)56-18-10-13-21-62(56)67)42-49(41-47)39-46-27-33-52(34-28-46)68-63-22-14-11-19-57(63)58-43-65-36-35-64(58)68;1-5-7(3)8(4)6-2/h5-7,9-36,40-43H,3,8,37-39H2,1-2,4H3;5,7H,1,4,6H2,2-3H3/b15-5-,16-6-;. The van der Waals surface area contributed by atoms with E-state index in [4.69, 9.17) is 0 Å². The summed E-state index contributed by atoms with van der Waals surface area (Å²) in [6.07, 6.45) is 21.0. The van der Waals surface area contributed by atoms with E-state index in [0.717, 1.165) is 54.7 Å². The highest BCUT2D eigenvalue weighted by Gasteiger charge is 2.18. The van der Waals surface area contributed by atoms with Gasteiger partial charge in [0.05, 0.1) is 27.8 Å². The summed E-state index contributed by atoms with van der Waals surface area (Å²) in [4.78, 5) is 4.45. The molecule has 0 saturated heterocycles. The van der Waals surface area contributed by atoms with Gasteiger partial charge in [0, 0.05) is 62.3 Å². The minimum Gasteiger partial charge on any atom is -0.310 e. The molecule has 1 unspecified atom stereocenters. The average Bonchev–Trinajstić information content (AvgIpc) is 4.09. The van der Waals surface area contributed by atoms with E-state index < -0.39 is 0 Å². The van der Waals surface area contributed by atoms with Crippen molar-refractivity contribution >= 4 is 61.8 Å². The van der Waals surface area contributed by atoms with Crippen LogP contribution in [-0.2, 0) is 25.7 Å². The van der Waals surface area contributed by atoms with E-state index in [1.165, 1.54) is 99.5 Å². The molecule has 0 radical (unpaired) electrons. The number of aryl methyl sites for hydroxylation is 1. The molecule has 7 aromatic carbocycles. The van der Waals surface area contributed by atoms with Crippen LogP contribution in [-0.4, -0.2) is 18.7 Å². The Morgan fingerprint density at radius 1 is 0.500 bits per heavy atom. The molecule has 0 N–H and O–H groups in total. The third kappa shape index (κ3) is 10.1. The second-order valence-corrected chi connectivity index (χ2v) is 19.9. The highest BCUT2D eigenvalue weighted by Crippen LogP contribution is 2.35. The van der Waals surface area contributed by atoms with Gasteiger partial charge in [-0.3, -0.25) is 4.98 Å². The van der Waals surface area contributed by atoms with Gasteiger partial charge in [0.15, 0.2) is 0 Å². The maximum Gasteiger partial charge on any atom is 0.0571 e. The van der Waals surface area contributed by atoms with E-state index in [-0.39, 0.29) is 0 Å². The molecule has 0 saturated carbocycles. The molecule has 4 heteroatoms. The fraction of sp³-hybridized carbons (Fsp3) is 0.153. The summed E-state index contributed by atoms with van der Waals surface area (Å²) in [6.45, 7) is 22.4. The van der Waals surface area contributed by atoms with E-state index >= 15 is 0 Å². The lowest BCUT2D eigenvalue weighted by Crippen LogP contribution is -2.00. The second-order valence-electron chi connectivity index (χ2n) is 19.9. The van der Waals surface area contributed by atoms with Crippen molar-refractivity contribution in [2.24, 2.45) is 5.92 Å². The number of aromatic nitrogens is 4. The molecule has 0 bridgehead atoms. The van der Waals surface area contributed by atoms with Gasteiger partial charge in [-0.15, -0.1) is 6.58 Å². The van der Waals surface area contributed by atoms with Crippen LogP contribution in [0.2, 0.25) is 0 Å². The van der Waals surface area contributed by atoms with E-state index in [1.807, 2.05) is 24.5 Å². The van der Waals surface area contributed by atoms with Crippen LogP contribution >= 0.6 is 0 Å². The minimum atomic E-state index is 0.486. The molecular formula is C72H68N4. The molecule has 0 spiro atoms. The molecule has 0 amide bonds. The van der Waals surface area contributed by atoms with E-state index in [2.05, 4.69) is 267 Å². The summed E-state index contributed by atoms with van der Waals surface area (Å²) in [6, 6.07) is 62.8. The van der Waals surface area contributed by atoms with Crippen LogP contribution in [0.5, 0.6) is 0 Å². The van der Waals surface area contributed by atoms with Crippen LogP contribution in [0.15, 0.2) is 226 Å². The average molecular weight is 989 g/mol. The van der Waals surface area contributed by atoms with Gasteiger partial charge in [-0.2, -0.15) is 0 Å². The van der Waals surface area contributed by atoms with E-state index in [0.29, 0.717) is 5.92 Å². The largest absolute Gasteiger partial charge is 0.310 e. The van der Waals surface area contributed by atoms with Crippen LogP contribution in [0.3, 0.4) is 0 Å². The number of nitrogens with zero attached hydrogens (tertiary/aromatic N) is 4. The van der Waals surface area contributed by atoms with Crippen molar-refractivity contribution in [2.45, 2.75) is 66.7 Å². The van der Waals surface area contributed by atoms with Crippen molar-refractivity contribution < 1.29 is 0 Å². The van der Waals surface area contributed by atoms with Gasteiger partial charge in [0.2, 0.25) is 0 Å². The lowest BCUT2D eigenvalue weighted by molar-refractivity contribution is 0.817. The highest BCUT2D eigenvalue weighted by atomic mass is 15.0. The Hall–Kier alpha value is -8.73. The van der Waals surface area contributed by atoms with Crippen LogP contribution in [0.25, 0.3) is 78.9 Å². The predicted octanol–water partition coefficient (Wildman–Crippen LogP) is 18.9. The fourth-order valence-corrected chi connectivity index (χ4v) is 11.1. The molecule has 11 aromatic rings. The first kappa shape index (κ1) is 50.8. The zero-order chi connectivity index (χ0) is 52.7. The van der Waals surface area contributed by atoms with Gasteiger partial charge in [-0.25, -0.2) is 0 Å². The van der Waals surface area contributed by atoms with Crippen LogP contribution in [0, 0.1) is 5.92 Å². The number of benzene rings is 7. The Morgan fingerprint density at radius 2 is 0.934 bits per heavy atom. The molecule has 376 valence electrons. The first-order valence-electron chi connectivity index (χ1n) is 26.9.